The molecule has 1 heterocycles. The summed E-state index contributed by atoms with van der Waals surface area (Å²) in [6.45, 7) is 3.38. The van der Waals surface area contributed by atoms with Crippen LogP contribution < -0.4 is 5.32 Å². The molecule has 5 nitrogen and oxygen atoms in total. The van der Waals surface area contributed by atoms with Gasteiger partial charge in [-0.15, -0.1) is 11.3 Å². The molecule has 0 aliphatic rings. The summed E-state index contributed by atoms with van der Waals surface area (Å²) in [6, 6.07) is 0. The summed E-state index contributed by atoms with van der Waals surface area (Å²) < 4.78 is 0. The van der Waals surface area contributed by atoms with Crippen molar-refractivity contribution >= 4 is 23.2 Å². The van der Waals surface area contributed by atoms with Crippen LogP contribution in [0, 0.1) is 6.92 Å². The number of aromatic carboxylic acids is 1. The van der Waals surface area contributed by atoms with Gasteiger partial charge in [0.1, 0.15) is 5.01 Å². The van der Waals surface area contributed by atoms with E-state index in [0.717, 1.165) is 0 Å². The normalized spacial score (nSPS) is 9.86. The molecule has 1 amide bonds. The number of nitrogens with one attached hydrogen (secondary N) is 1. The van der Waals surface area contributed by atoms with E-state index in [2.05, 4.69) is 10.3 Å². The molecule has 0 aromatic carbocycles. The average molecular weight is 214 g/mol. The molecule has 14 heavy (non-hydrogen) atoms. The van der Waals surface area contributed by atoms with Crippen molar-refractivity contribution in [3.05, 3.63) is 15.6 Å². The molecule has 0 spiro atoms. The summed E-state index contributed by atoms with van der Waals surface area (Å²) in [6.07, 6.45) is 0. The molecule has 0 fully saturated rings. The molecule has 0 saturated carbocycles. The van der Waals surface area contributed by atoms with Crippen LogP contribution >= 0.6 is 11.3 Å². The second kappa shape index (κ2) is 4.19. The molecule has 1 aromatic heterocycles. The van der Waals surface area contributed by atoms with Gasteiger partial charge in [0.15, 0.2) is 5.69 Å². The van der Waals surface area contributed by atoms with Crippen LogP contribution in [0.15, 0.2) is 0 Å². The first-order valence-electron chi connectivity index (χ1n) is 3.94. The van der Waals surface area contributed by atoms with Crippen molar-refractivity contribution < 1.29 is 14.7 Å². The molecule has 0 atom stereocenters. The predicted octanol–water partition coefficient (Wildman–Crippen LogP) is 0.786. The van der Waals surface area contributed by atoms with E-state index < -0.39 is 5.97 Å². The molecule has 2 N–H and O–H groups in total. The van der Waals surface area contributed by atoms with Crippen molar-refractivity contribution in [2.24, 2.45) is 0 Å². The average Bonchev–Trinajstić information content (AvgIpc) is 2.43. The topological polar surface area (TPSA) is 79.3 Å². The molecule has 6 heteroatoms. The minimum absolute atomic E-state index is 0.0651. The zero-order valence-electron chi connectivity index (χ0n) is 7.83. The molecule has 0 aliphatic carbocycles. The molecule has 0 bridgehead atoms. The third-order valence-electron chi connectivity index (χ3n) is 1.53. The van der Waals surface area contributed by atoms with Crippen LogP contribution in [0.25, 0.3) is 0 Å². The number of hydrogen-bond donors (Lipinski definition) is 2. The van der Waals surface area contributed by atoms with Crippen molar-refractivity contribution in [1.82, 2.24) is 10.3 Å². The monoisotopic (exact) mass is 214 g/mol. The Hall–Kier alpha value is -1.43. The minimum Gasteiger partial charge on any atom is -0.476 e. The summed E-state index contributed by atoms with van der Waals surface area (Å²) >= 11 is 1.28. The Morgan fingerprint density at radius 2 is 2.21 bits per heavy atom. The first-order valence-corrected chi connectivity index (χ1v) is 4.76. The minimum atomic E-state index is -1.03. The molecule has 0 unspecified atom stereocenters. The Morgan fingerprint density at radius 1 is 1.57 bits per heavy atom. The van der Waals surface area contributed by atoms with E-state index in [9.17, 15) is 9.59 Å². The fourth-order valence-corrected chi connectivity index (χ4v) is 1.79. The SMILES string of the molecule is CC(=O)NCc1nc(C(=O)O)c(C)s1. The number of carboxylic acids is 1. The lowest BCUT2D eigenvalue weighted by atomic mass is 10.4. The fraction of sp³-hybridized carbons (Fsp3) is 0.375. The van der Waals surface area contributed by atoms with Crippen LogP contribution in [0.2, 0.25) is 0 Å². The molecule has 1 aromatic rings. The van der Waals surface area contributed by atoms with Crippen molar-refractivity contribution in [3.8, 4) is 0 Å². The number of aryl methyl sites for hydroxylation is 1. The second-order valence-electron chi connectivity index (χ2n) is 2.73. The van der Waals surface area contributed by atoms with E-state index in [0.29, 0.717) is 9.88 Å². The van der Waals surface area contributed by atoms with E-state index in [1.54, 1.807) is 6.92 Å². The number of hydrogen-bond acceptors (Lipinski definition) is 4. The van der Waals surface area contributed by atoms with Crippen LogP contribution in [0.5, 0.6) is 0 Å². The maximum Gasteiger partial charge on any atom is 0.355 e. The number of carbonyl (C=O) groups is 2. The lowest BCUT2D eigenvalue weighted by Crippen LogP contribution is -2.18. The number of nitrogens with zero attached hydrogens (tertiary/aromatic N) is 1. The van der Waals surface area contributed by atoms with Gasteiger partial charge >= 0.3 is 5.97 Å². The Morgan fingerprint density at radius 3 is 2.64 bits per heavy atom. The number of amides is 1. The Bertz CT molecular complexity index is 373. The highest BCUT2D eigenvalue weighted by Crippen LogP contribution is 2.16. The van der Waals surface area contributed by atoms with Crippen molar-refractivity contribution in [2.45, 2.75) is 20.4 Å². The first kappa shape index (κ1) is 10.6. The number of thiazole rings is 1. The van der Waals surface area contributed by atoms with Gasteiger partial charge in [0.2, 0.25) is 5.91 Å². The third-order valence-corrected chi connectivity index (χ3v) is 2.50. The molecule has 1 rings (SSSR count). The third kappa shape index (κ3) is 2.53. The predicted molar refractivity (Wildman–Crippen MR) is 51.3 cm³/mol. The summed E-state index contributed by atoms with van der Waals surface area (Å²) in [5.74, 6) is -1.19. The van der Waals surface area contributed by atoms with Gasteiger partial charge in [0, 0.05) is 11.8 Å². The van der Waals surface area contributed by atoms with E-state index in [-0.39, 0.29) is 18.1 Å². The highest BCUT2D eigenvalue weighted by atomic mass is 32.1. The van der Waals surface area contributed by atoms with Gasteiger partial charge in [-0.1, -0.05) is 0 Å². The molecular weight excluding hydrogens is 204 g/mol. The van der Waals surface area contributed by atoms with E-state index in [1.165, 1.54) is 18.3 Å². The Balaban J connectivity index is 2.76. The molecule has 0 saturated heterocycles. The highest BCUT2D eigenvalue weighted by molar-refractivity contribution is 7.11. The summed E-state index contributed by atoms with van der Waals surface area (Å²) in [7, 11) is 0. The van der Waals surface area contributed by atoms with Crippen LogP contribution in [0.1, 0.15) is 27.3 Å². The maximum atomic E-state index is 10.6. The van der Waals surface area contributed by atoms with Crippen LogP contribution in [-0.4, -0.2) is 22.0 Å². The standard InChI is InChI=1S/C8H10N2O3S/c1-4-7(8(12)13)10-6(14-4)3-9-5(2)11/h3H2,1-2H3,(H,9,11)(H,12,13). The fourth-order valence-electron chi connectivity index (χ4n) is 0.925. The van der Waals surface area contributed by atoms with Gasteiger partial charge in [-0.25, -0.2) is 9.78 Å². The molecule has 76 valence electrons. The van der Waals surface area contributed by atoms with E-state index in [1.807, 2.05) is 0 Å². The van der Waals surface area contributed by atoms with E-state index >= 15 is 0 Å². The zero-order valence-corrected chi connectivity index (χ0v) is 8.64. The van der Waals surface area contributed by atoms with Crippen molar-refractivity contribution in [2.75, 3.05) is 0 Å². The Kier molecular flexibility index (Phi) is 3.19. The second-order valence-corrected chi connectivity index (χ2v) is 4.02. The lowest BCUT2D eigenvalue weighted by molar-refractivity contribution is -0.119. The molecular formula is C8H10N2O3S. The summed E-state index contributed by atoms with van der Waals surface area (Å²) in [5, 5.41) is 11.9. The van der Waals surface area contributed by atoms with Crippen molar-refractivity contribution in [1.29, 1.82) is 0 Å². The maximum absolute atomic E-state index is 10.6. The van der Waals surface area contributed by atoms with Crippen LogP contribution in [0.4, 0.5) is 0 Å². The summed E-state index contributed by atoms with van der Waals surface area (Å²) in [5.41, 5.74) is 0.0651. The first-order chi connectivity index (χ1) is 6.50. The number of rotatable bonds is 3. The summed E-state index contributed by atoms with van der Waals surface area (Å²) in [4.78, 5) is 25.8. The number of carbonyl (C=O) groups excluding carboxylic acids is 1. The Labute approximate surface area is 84.8 Å². The molecule has 0 radical (unpaired) electrons. The van der Waals surface area contributed by atoms with Crippen molar-refractivity contribution in [3.63, 3.8) is 0 Å². The highest BCUT2D eigenvalue weighted by Gasteiger charge is 2.13. The van der Waals surface area contributed by atoms with Gasteiger partial charge in [0.05, 0.1) is 6.54 Å². The van der Waals surface area contributed by atoms with Gasteiger partial charge in [-0.05, 0) is 6.92 Å². The van der Waals surface area contributed by atoms with Crippen LogP contribution in [-0.2, 0) is 11.3 Å². The van der Waals surface area contributed by atoms with Gasteiger partial charge in [-0.2, -0.15) is 0 Å². The number of aromatic nitrogens is 1. The van der Waals surface area contributed by atoms with Gasteiger partial charge in [0.25, 0.3) is 0 Å². The van der Waals surface area contributed by atoms with Gasteiger partial charge < -0.3 is 10.4 Å². The molecule has 0 aliphatic heterocycles. The largest absolute Gasteiger partial charge is 0.476 e. The zero-order chi connectivity index (χ0) is 10.7. The smallest absolute Gasteiger partial charge is 0.355 e. The van der Waals surface area contributed by atoms with E-state index in [4.69, 9.17) is 5.11 Å². The number of carboxylic acid groups (broad SMARTS) is 1. The lowest BCUT2D eigenvalue weighted by Gasteiger charge is -1.95. The quantitative estimate of drug-likeness (QED) is 0.779. The van der Waals surface area contributed by atoms with Gasteiger partial charge in [-0.3, -0.25) is 4.79 Å². The van der Waals surface area contributed by atoms with Crippen LogP contribution in [0.3, 0.4) is 0 Å².